The molecule has 1 aromatic rings. The fourth-order valence-electron chi connectivity index (χ4n) is 1.88. The normalized spacial score (nSPS) is 18.9. The summed E-state index contributed by atoms with van der Waals surface area (Å²) in [7, 11) is 0. The van der Waals surface area contributed by atoms with Crippen LogP contribution in [0.5, 0.6) is 5.75 Å². The third-order valence-corrected chi connectivity index (χ3v) is 2.84. The van der Waals surface area contributed by atoms with Gasteiger partial charge in [0, 0.05) is 0 Å². The Hall–Kier alpha value is -2.57. The van der Waals surface area contributed by atoms with Crippen LogP contribution in [0.15, 0.2) is 35.4 Å². The zero-order valence-electron chi connectivity index (χ0n) is 11.8. The molecule has 1 aromatic carbocycles. The Bertz CT molecular complexity index is 544. The van der Waals surface area contributed by atoms with Crippen molar-refractivity contribution in [2.45, 2.75) is 26.0 Å². The molecular weight excluding hydrogens is 274 g/mol. The van der Waals surface area contributed by atoms with Gasteiger partial charge in [0.2, 0.25) is 6.10 Å². The Morgan fingerprint density at radius 3 is 2.71 bits per heavy atom. The van der Waals surface area contributed by atoms with Crippen molar-refractivity contribution in [2.24, 2.45) is 5.10 Å². The van der Waals surface area contributed by atoms with Crippen LogP contribution in [0, 0.1) is 0 Å². The molecule has 1 aliphatic rings. The largest absolute Gasteiger partial charge is 0.472 e. The van der Waals surface area contributed by atoms with Gasteiger partial charge < -0.3 is 14.8 Å². The van der Waals surface area contributed by atoms with Crippen molar-refractivity contribution in [3.63, 3.8) is 0 Å². The molecule has 0 aliphatic carbocycles. The summed E-state index contributed by atoms with van der Waals surface area (Å²) in [6, 6.07) is 8.03. The van der Waals surface area contributed by atoms with Gasteiger partial charge in [0.1, 0.15) is 11.5 Å². The van der Waals surface area contributed by atoms with Crippen LogP contribution in [-0.4, -0.2) is 36.5 Å². The van der Waals surface area contributed by atoms with Crippen LogP contribution in [0.4, 0.5) is 4.79 Å². The predicted molar refractivity (Wildman–Crippen MR) is 76.1 cm³/mol. The summed E-state index contributed by atoms with van der Waals surface area (Å²) in [5, 5.41) is 6.54. The third kappa shape index (κ3) is 3.71. The van der Waals surface area contributed by atoms with E-state index in [0.717, 1.165) is 0 Å². The molecule has 0 bridgehead atoms. The maximum atomic E-state index is 12.1. The van der Waals surface area contributed by atoms with E-state index in [4.69, 9.17) is 9.47 Å². The molecule has 7 nitrogen and oxygen atoms in total. The molecule has 1 aliphatic heterocycles. The van der Waals surface area contributed by atoms with Crippen LogP contribution < -0.4 is 15.5 Å². The van der Waals surface area contributed by atoms with Gasteiger partial charge in [-0.15, -0.1) is 0 Å². The van der Waals surface area contributed by atoms with Gasteiger partial charge in [-0.1, -0.05) is 18.2 Å². The lowest BCUT2D eigenvalue weighted by Gasteiger charge is -2.26. The van der Waals surface area contributed by atoms with Gasteiger partial charge in [-0.3, -0.25) is 0 Å². The van der Waals surface area contributed by atoms with Crippen molar-refractivity contribution in [2.75, 3.05) is 6.61 Å². The summed E-state index contributed by atoms with van der Waals surface area (Å²) < 4.78 is 10.7. The molecule has 0 saturated carbocycles. The highest BCUT2D eigenvalue weighted by atomic mass is 16.6. The average Bonchev–Trinajstić information content (AvgIpc) is 2.47. The van der Waals surface area contributed by atoms with Crippen LogP contribution in [0.25, 0.3) is 0 Å². The predicted octanol–water partition coefficient (Wildman–Crippen LogP) is 1.05. The van der Waals surface area contributed by atoms with Crippen LogP contribution in [0.3, 0.4) is 0 Å². The number of hydrazone groups is 1. The molecule has 2 rings (SSSR count). The van der Waals surface area contributed by atoms with Crippen LogP contribution in [0.1, 0.15) is 13.8 Å². The molecule has 2 N–H and O–H groups in total. The van der Waals surface area contributed by atoms with Gasteiger partial charge in [0.25, 0.3) is 0 Å². The van der Waals surface area contributed by atoms with Crippen molar-refractivity contribution >= 4 is 17.7 Å². The minimum Gasteiger partial charge on any atom is -0.472 e. The van der Waals surface area contributed by atoms with E-state index in [1.54, 1.807) is 38.1 Å². The second-order valence-corrected chi connectivity index (χ2v) is 4.41. The number of ether oxygens (including phenoxy) is 2. The zero-order chi connectivity index (χ0) is 15.2. The van der Waals surface area contributed by atoms with Crippen molar-refractivity contribution in [3.8, 4) is 5.75 Å². The summed E-state index contributed by atoms with van der Waals surface area (Å²) >= 11 is 0. The number of benzene rings is 1. The molecule has 2 unspecified atom stereocenters. The summed E-state index contributed by atoms with van der Waals surface area (Å²) in [4.78, 5) is 23.3. The lowest BCUT2D eigenvalue weighted by Crippen LogP contribution is -2.55. The number of urea groups is 1. The first-order valence-electron chi connectivity index (χ1n) is 6.64. The highest BCUT2D eigenvalue weighted by Gasteiger charge is 2.34. The van der Waals surface area contributed by atoms with Gasteiger partial charge in [-0.05, 0) is 26.0 Å². The van der Waals surface area contributed by atoms with Crippen LogP contribution >= 0.6 is 0 Å². The standard InChI is InChI=1S/C14H17N3O4/c1-3-20-13(18)12(21-10-7-5-4-6-8-10)11-9(2)15-14(19)17-16-11/h4-9,12H,3H2,1-2H3,(H2,15,17,19). The number of para-hydroxylation sites is 1. The number of hydrogen-bond acceptors (Lipinski definition) is 5. The molecule has 21 heavy (non-hydrogen) atoms. The zero-order valence-corrected chi connectivity index (χ0v) is 11.8. The maximum Gasteiger partial charge on any atom is 0.353 e. The lowest BCUT2D eigenvalue weighted by molar-refractivity contribution is -0.148. The summed E-state index contributed by atoms with van der Waals surface area (Å²) in [5.41, 5.74) is 2.63. The molecule has 0 spiro atoms. The summed E-state index contributed by atoms with van der Waals surface area (Å²) in [6.45, 7) is 3.66. The van der Waals surface area contributed by atoms with E-state index in [9.17, 15) is 9.59 Å². The van der Waals surface area contributed by atoms with Gasteiger partial charge in [-0.2, -0.15) is 5.10 Å². The molecule has 0 saturated heterocycles. The van der Waals surface area contributed by atoms with Gasteiger partial charge in [0.15, 0.2) is 0 Å². The average molecular weight is 291 g/mol. The summed E-state index contributed by atoms with van der Waals surface area (Å²) in [5.74, 6) is -0.0349. The van der Waals surface area contributed by atoms with E-state index in [1.165, 1.54) is 0 Å². The smallest absolute Gasteiger partial charge is 0.353 e. The Morgan fingerprint density at radius 1 is 1.38 bits per heavy atom. The number of carbonyl (C=O) groups is 2. The molecular formula is C14H17N3O4. The van der Waals surface area contributed by atoms with Crippen LogP contribution in [-0.2, 0) is 9.53 Å². The molecule has 2 atom stereocenters. The maximum absolute atomic E-state index is 12.1. The number of carbonyl (C=O) groups excluding carboxylic acids is 2. The highest BCUT2D eigenvalue weighted by Crippen LogP contribution is 2.14. The van der Waals surface area contributed by atoms with Crippen molar-refractivity contribution < 1.29 is 19.1 Å². The van der Waals surface area contributed by atoms with Crippen molar-refractivity contribution in [1.82, 2.24) is 10.7 Å². The number of hydrogen-bond donors (Lipinski definition) is 2. The second kappa shape index (κ2) is 6.74. The first-order valence-corrected chi connectivity index (χ1v) is 6.64. The van der Waals surface area contributed by atoms with Crippen molar-refractivity contribution in [3.05, 3.63) is 30.3 Å². The molecule has 0 aromatic heterocycles. The monoisotopic (exact) mass is 291 g/mol. The lowest BCUT2D eigenvalue weighted by atomic mass is 10.1. The van der Waals surface area contributed by atoms with E-state index >= 15 is 0 Å². The Kier molecular flexibility index (Phi) is 4.76. The molecule has 2 amide bonds. The highest BCUT2D eigenvalue weighted by molar-refractivity contribution is 6.10. The van der Waals surface area contributed by atoms with E-state index in [2.05, 4.69) is 15.8 Å². The van der Waals surface area contributed by atoms with E-state index in [1.807, 2.05) is 6.07 Å². The number of esters is 1. The number of amides is 2. The number of nitrogens with one attached hydrogen (secondary N) is 2. The molecule has 0 radical (unpaired) electrons. The number of rotatable bonds is 5. The van der Waals surface area contributed by atoms with Crippen LogP contribution in [0.2, 0.25) is 0 Å². The quantitative estimate of drug-likeness (QED) is 0.794. The first-order chi connectivity index (χ1) is 10.1. The van der Waals surface area contributed by atoms with Gasteiger partial charge in [-0.25, -0.2) is 15.0 Å². The molecule has 112 valence electrons. The Labute approximate surface area is 122 Å². The minimum atomic E-state index is -1.02. The third-order valence-electron chi connectivity index (χ3n) is 2.84. The second-order valence-electron chi connectivity index (χ2n) is 4.41. The van der Waals surface area contributed by atoms with E-state index < -0.39 is 24.1 Å². The van der Waals surface area contributed by atoms with E-state index in [-0.39, 0.29) is 6.61 Å². The van der Waals surface area contributed by atoms with Gasteiger partial charge >= 0.3 is 12.0 Å². The molecule has 0 fully saturated rings. The van der Waals surface area contributed by atoms with E-state index in [0.29, 0.717) is 11.5 Å². The fraction of sp³-hybridized carbons (Fsp3) is 0.357. The van der Waals surface area contributed by atoms with Gasteiger partial charge in [0.05, 0.1) is 12.6 Å². The topological polar surface area (TPSA) is 89.0 Å². The Balaban J connectivity index is 2.24. The molecule has 7 heteroatoms. The van der Waals surface area contributed by atoms with Crippen molar-refractivity contribution in [1.29, 1.82) is 0 Å². The first kappa shape index (κ1) is 14.8. The fourth-order valence-corrected chi connectivity index (χ4v) is 1.88. The SMILES string of the molecule is CCOC(=O)C(Oc1ccccc1)C1=NNC(=O)NC1C. The Morgan fingerprint density at radius 2 is 2.10 bits per heavy atom. The minimum absolute atomic E-state index is 0.231. The number of nitrogens with zero attached hydrogens (tertiary/aromatic N) is 1. The summed E-state index contributed by atoms with van der Waals surface area (Å²) in [6.07, 6.45) is -1.02. The molecule has 1 heterocycles.